The molecule has 0 atom stereocenters. The van der Waals surface area contributed by atoms with Crippen molar-refractivity contribution in [2.75, 3.05) is 6.54 Å². The lowest BCUT2D eigenvalue weighted by Gasteiger charge is -2.27. The molecule has 1 heterocycles. The normalized spacial score (nSPS) is 25.0. The highest BCUT2D eigenvalue weighted by Gasteiger charge is 2.20. The van der Waals surface area contributed by atoms with E-state index in [-0.39, 0.29) is 0 Å². The standard InChI is InChI=1S/C9H12N/c1-2-8(3-1)9-4-6-10-7-5-9/h4-6,8H,1-3,7H2. The molecule has 0 saturated heterocycles. The Labute approximate surface area is 61.8 Å². The quantitative estimate of drug-likeness (QED) is 0.519. The smallest absolute Gasteiger partial charge is 0.0576 e. The molecule has 1 heteroatoms. The highest BCUT2D eigenvalue weighted by molar-refractivity contribution is 5.26. The summed E-state index contributed by atoms with van der Waals surface area (Å²) in [5.74, 6) is 0.881. The third kappa shape index (κ3) is 0.962. The van der Waals surface area contributed by atoms with E-state index in [4.69, 9.17) is 0 Å². The van der Waals surface area contributed by atoms with Crippen molar-refractivity contribution in [2.45, 2.75) is 19.3 Å². The summed E-state index contributed by atoms with van der Waals surface area (Å²) in [6.07, 6.45) is 10.6. The monoisotopic (exact) mass is 134 g/mol. The molecule has 2 rings (SSSR count). The molecule has 2 aliphatic rings. The molecule has 0 aromatic rings. The average molecular weight is 134 g/mol. The highest BCUT2D eigenvalue weighted by Crippen LogP contribution is 2.33. The zero-order valence-corrected chi connectivity index (χ0v) is 6.09. The van der Waals surface area contributed by atoms with Crippen LogP contribution in [0.25, 0.3) is 0 Å². The van der Waals surface area contributed by atoms with E-state index in [1.54, 1.807) is 0 Å². The maximum absolute atomic E-state index is 4.11. The van der Waals surface area contributed by atoms with E-state index >= 15 is 0 Å². The Bertz CT molecular complexity index is 175. The first-order chi connectivity index (χ1) is 4.97. The predicted molar refractivity (Wildman–Crippen MR) is 41.6 cm³/mol. The highest BCUT2D eigenvalue weighted by atomic mass is 14.8. The van der Waals surface area contributed by atoms with Gasteiger partial charge in [-0.3, -0.25) is 5.32 Å². The number of nitrogens with zero attached hydrogens (tertiary/aromatic N) is 1. The topological polar surface area (TPSA) is 14.1 Å². The maximum atomic E-state index is 4.11. The Morgan fingerprint density at radius 2 is 2.30 bits per heavy atom. The van der Waals surface area contributed by atoms with Gasteiger partial charge in [-0.15, -0.1) is 0 Å². The number of rotatable bonds is 1. The van der Waals surface area contributed by atoms with Gasteiger partial charge in [-0.1, -0.05) is 12.5 Å². The molecule has 1 fully saturated rings. The molecule has 1 radical (unpaired) electrons. The lowest BCUT2D eigenvalue weighted by atomic mass is 9.79. The summed E-state index contributed by atoms with van der Waals surface area (Å²) in [6, 6.07) is 0. The van der Waals surface area contributed by atoms with Gasteiger partial charge in [0.05, 0.1) is 6.54 Å². The second-order valence-corrected chi connectivity index (χ2v) is 3.01. The summed E-state index contributed by atoms with van der Waals surface area (Å²) in [7, 11) is 0. The van der Waals surface area contributed by atoms with Gasteiger partial charge in [-0.05, 0) is 30.4 Å². The molecule has 0 aromatic heterocycles. The predicted octanol–water partition coefficient (Wildman–Crippen LogP) is 1.84. The molecule has 0 aromatic carbocycles. The van der Waals surface area contributed by atoms with Crippen LogP contribution in [0, 0.1) is 5.92 Å². The van der Waals surface area contributed by atoms with E-state index in [2.05, 4.69) is 17.5 Å². The summed E-state index contributed by atoms with van der Waals surface area (Å²) < 4.78 is 0. The van der Waals surface area contributed by atoms with E-state index < -0.39 is 0 Å². The largest absolute Gasteiger partial charge is 0.289 e. The molecular weight excluding hydrogens is 122 g/mol. The van der Waals surface area contributed by atoms with Crippen LogP contribution in [0.15, 0.2) is 23.9 Å². The van der Waals surface area contributed by atoms with Crippen molar-refractivity contribution in [1.29, 1.82) is 0 Å². The summed E-state index contributed by atoms with van der Waals surface area (Å²) in [5.41, 5.74) is 1.53. The van der Waals surface area contributed by atoms with Crippen molar-refractivity contribution in [3.05, 3.63) is 23.9 Å². The molecule has 10 heavy (non-hydrogen) atoms. The van der Waals surface area contributed by atoms with Crippen LogP contribution in [0.5, 0.6) is 0 Å². The lowest BCUT2D eigenvalue weighted by Crippen LogP contribution is -2.15. The van der Waals surface area contributed by atoms with Crippen LogP contribution in [0.2, 0.25) is 0 Å². The SMILES string of the molecule is C1=CC(C2CCC2)=CC[N]1. The van der Waals surface area contributed by atoms with Crippen LogP contribution in [0.1, 0.15) is 19.3 Å². The van der Waals surface area contributed by atoms with Gasteiger partial charge in [-0.2, -0.15) is 0 Å². The Kier molecular flexibility index (Phi) is 1.50. The molecule has 0 amide bonds. The first kappa shape index (κ1) is 6.02. The van der Waals surface area contributed by atoms with Gasteiger partial charge in [-0.25, -0.2) is 0 Å². The van der Waals surface area contributed by atoms with Crippen LogP contribution >= 0.6 is 0 Å². The molecule has 53 valence electrons. The Morgan fingerprint density at radius 1 is 1.40 bits per heavy atom. The van der Waals surface area contributed by atoms with Crippen molar-refractivity contribution in [3.63, 3.8) is 0 Å². The van der Waals surface area contributed by atoms with E-state index in [9.17, 15) is 0 Å². The van der Waals surface area contributed by atoms with Crippen LogP contribution in [0.4, 0.5) is 0 Å². The van der Waals surface area contributed by atoms with E-state index in [0.717, 1.165) is 12.5 Å². The third-order valence-electron chi connectivity index (χ3n) is 2.38. The molecule has 1 aliphatic heterocycles. The molecular formula is C9H12N. The van der Waals surface area contributed by atoms with E-state index in [1.807, 2.05) is 6.20 Å². The third-order valence-corrected chi connectivity index (χ3v) is 2.38. The number of hydrogen-bond acceptors (Lipinski definition) is 0. The van der Waals surface area contributed by atoms with Crippen molar-refractivity contribution in [2.24, 2.45) is 5.92 Å². The maximum Gasteiger partial charge on any atom is 0.0576 e. The molecule has 1 saturated carbocycles. The molecule has 1 nitrogen and oxygen atoms in total. The Hall–Kier alpha value is -0.720. The van der Waals surface area contributed by atoms with Crippen LogP contribution < -0.4 is 5.32 Å². The Morgan fingerprint density at radius 3 is 2.80 bits per heavy atom. The first-order valence-corrected chi connectivity index (χ1v) is 4.00. The molecule has 0 N–H and O–H groups in total. The van der Waals surface area contributed by atoms with Crippen molar-refractivity contribution in [3.8, 4) is 0 Å². The minimum atomic E-state index is 0.881. The van der Waals surface area contributed by atoms with E-state index in [0.29, 0.717) is 0 Å². The summed E-state index contributed by atoms with van der Waals surface area (Å²) in [4.78, 5) is 0. The fourth-order valence-electron chi connectivity index (χ4n) is 1.47. The average Bonchev–Trinajstić information content (AvgIpc) is 1.86. The molecule has 0 unspecified atom stereocenters. The second kappa shape index (κ2) is 2.49. The zero-order chi connectivity index (χ0) is 6.81. The number of hydrogen-bond donors (Lipinski definition) is 0. The minimum Gasteiger partial charge on any atom is -0.289 e. The fourth-order valence-corrected chi connectivity index (χ4v) is 1.47. The van der Waals surface area contributed by atoms with Gasteiger partial charge in [0.2, 0.25) is 0 Å². The summed E-state index contributed by atoms with van der Waals surface area (Å²) in [6.45, 7) is 0.905. The fraction of sp³-hybridized carbons (Fsp3) is 0.556. The van der Waals surface area contributed by atoms with Crippen molar-refractivity contribution >= 4 is 0 Å². The minimum absolute atomic E-state index is 0.881. The van der Waals surface area contributed by atoms with Gasteiger partial charge in [0.25, 0.3) is 0 Å². The van der Waals surface area contributed by atoms with Gasteiger partial charge in [0, 0.05) is 6.20 Å². The Balaban J connectivity index is 2.01. The summed E-state index contributed by atoms with van der Waals surface area (Å²) in [5, 5.41) is 4.11. The van der Waals surface area contributed by atoms with Crippen LogP contribution in [0.3, 0.4) is 0 Å². The van der Waals surface area contributed by atoms with Gasteiger partial charge >= 0.3 is 0 Å². The van der Waals surface area contributed by atoms with Crippen molar-refractivity contribution < 1.29 is 0 Å². The number of allylic oxidation sites excluding steroid dienone is 2. The van der Waals surface area contributed by atoms with Gasteiger partial charge in [0.15, 0.2) is 0 Å². The second-order valence-electron chi connectivity index (χ2n) is 3.01. The van der Waals surface area contributed by atoms with E-state index in [1.165, 1.54) is 24.8 Å². The van der Waals surface area contributed by atoms with Gasteiger partial charge in [0.1, 0.15) is 0 Å². The summed E-state index contributed by atoms with van der Waals surface area (Å²) >= 11 is 0. The van der Waals surface area contributed by atoms with Gasteiger partial charge < -0.3 is 0 Å². The molecule has 0 spiro atoms. The first-order valence-electron chi connectivity index (χ1n) is 4.00. The van der Waals surface area contributed by atoms with Crippen LogP contribution in [-0.2, 0) is 0 Å². The van der Waals surface area contributed by atoms with Crippen molar-refractivity contribution in [1.82, 2.24) is 5.32 Å². The molecule has 1 aliphatic carbocycles. The van der Waals surface area contributed by atoms with Crippen LogP contribution in [-0.4, -0.2) is 6.54 Å². The lowest BCUT2D eigenvalue weighted by molar-refractivity contribution is 0.372. The zero-order valence-electron chi connectivity index (χ0n) is 6.09. The molecule has 0 bridgehead atoms.